The van der Waals surface area contributed by atoms with Gasteiger partial charge in [-0.1, -0.05) is 18.2 Å². The van der Waals surface area contributed by atoms with Gasteiger partial charge in [-0.05, 0) is 26.0 Å². The maximum Gasteiger partial charge on any atom is 0.180 e. The average Bonchev–Trinajstić information content (AvgIpc) is 2.87. The molecule has 3 rings (SSSR count). The van der Waals surface area contributed by atoms with Gasteiger partial charge in [-0.3, -0.25) is 0 Å². The average molecular weight is 297 g/mol. The Labute approximate surface area is 119 Å². The van der Waals surface area contributed by atoms with Crippen LogP contribution in [-0.4, -0.2) is 44.8 Å². The van der Waals surface area contributed by atoms with Crippen LogP contribution >= 0.6 is 0 Å². The van der Waals surface area contributed by atoms with Crippen molar-refractivity contribution in [3.05, 3.63) is 30.3 Å². The highest BCUT2D eigenvalue weighted by Gasteiger charge is 2.49. The molecule has 0 bridgehead atoms. The summed E-state index contributed by atoms with van der Waals surface area (Å²) < 4.78 is 36.4. The lowest BCUT2D eigenvalue weighted by Gasteiger charge is -2.22. The number of hydrogen-bond donors (Lipinski definition) is 1. The fourth-order valence-electron chi connectivity index (χ4n) is 2.86. The molecule has 3 atom stereocenters. The van der Waals surface area contributed by atoms with Crippen LogP contribution < -0.4 is 5.32 Å². The summed E-state index contributed by atoms with van der Waals surface area (Å²) in [4.78, 5) is 0.350. The van der Waals surface area contributed by atoms with Gasteiger partial charge >= 0.3 is 0 Å². The third-order valence-corrected chi connectivity index (χ3v) is 5.49. The first kappa shape index (κ1) is 14.0. The number of ether oxygens (including phenoxy) is 2. The molecule has 20 heavy (non-hydrogen) atoms. The molecule has 2 heterocycles. The highest BCUT2D eigenvalue weighted by atomic mass is 32.2. The standard InChI is InChI=1S/C14H19NO4S/c1-14(2)18-12-8-15-11(13(12)19-14)9-20(16,17)10-6-4-3-5-7-10/h3-7,11-13,15H,8-9H2,1-2H3/t11-,12-,13+/m1/s1. The number of benzene rings is 1. The Morgan fingerprint density at radius 3 is 2.65 bits per heavy atom. The molecule has 0 amide bonds. The normalized spacial score (nSPS) is 32.2. The molecule has 2 aliphatic rings. The van der Waals surface area contributed by atoms with E-state index in [0.29, 0.717) is 11.4 Å². The fraction of sp³-hybridized carbons (Fsp3) is 0.571. The number of sulfone groups is 1. The molecule has 2 aliphatic heterocycles. The van der Waals surface area contributed by atoms with E-state index in [4.69, 9.17) is 9.47 Å². The molecule has 0 unspecified atom stereocenters. The van der Waals surface area contributed by atoms with Gasteiger partial charge in [-0.15, -0.1) is 0 Å². The SMILES string of the molecule is CC1(C)O[C@H]2[C@@H](CS(=O)(=O)c3ccccc3)NC[C@H]2O1. The molecule has 2 fully saturated rings. The number of rotatable bonds is 3. The molecule has 110 valence electrons. The van der Waals surface area contributed by atoms with Crippen molar-refractivity contribution in [1.29, 1.82) is 0 Å². The highest BCUT2D eigenvalue weighted by molar-refractivity contribution is 7.91. The van der Waals surface area contributed by atoms with Crippen molar-refractivity contribution in [3.8, 4) is 0 Å². The Morgan fingerprint density at radius 2 is 1.95 bits per heavy atom. The van der Waals surface area contributed by atoms with Crippen molar-refractivity contribution in [2.45, 2.75) is 42.8 Å². The van der Waals surface area contributed by atoms with Gasteiger partial charge in [0.25, 0.3) is 0 Å². The molecule has 6 heteroatoms. The summed E-state index contributed by atoms with van der Waals surface area (Å²) in [6.45, 7) is 4.34. The molecule has 0 spiro atoms. The van der Waals surface area contributed by atoms with Crippen LogP contribution in [0.2, 0.25) is 0 Å². The van der Waals surface area contributed by atoms with Crippen molar-refractivity contribution in [2.75, 3.05) is 12.3 Å². The Kier molecular flexibility index (Phi) is 3.36. The van der Waals surface area contributed by atoms with E-state index in [2.05, 4.69) is 5.32 Å². The van der Waals surface area contributed by atoms with Crippen molar-refractivity contribution < 1.29 is 17.9 Å². The molecule has 1 aromatic rings. The van der Waals surface area contributed by atoms with Crippen LogP contribution in [0.3, 0.4) is 0 Å². The van der Waals surface area contributed by atoms with Crippen LogP contribution in [0.5, 0.6) is 0 Å². The lowest BCUT2D eigenvalue weighted by atomic mass is 10.2. The summed E-state index contributed by atoms with van der Waals surface area (Å²) in [6.07, 6.45) is -0.274. The van der Waals surface area contributed by atoms with Crippen LogP contribution in [0.4, 0.5) is 0 Å². The second-order valence-corrected chi connectivity index (χ2v) is 7.78. The lowest BCUT2D eigenvalue weighted by Crippen LogP contribution is -2.40. The van der Waals surface area contributed by atoms with Crippen LogP contribution in [0.15, 0.2) is 35.2 Å². The van der Waals surface area contributed by atoms with Gasteiger partial charge in [0.2, 0.25) is 0 Å². The van der Waals surface area contributed by atoms with Gasteiger partial charge in [0.1, 0.15) is 12.2 Å². The monoisotopic (exact) mass is 297 g/mol. The predicted molar refractivity (Wildman–Crippen MR) is 74.1 cm³/mol. The molecule has 0 saturated carbocycles. The van der Waals surface area contributed by atoms with E-state index in [0.717, 1.165) is 0 Å². The van der Waals surface area contributed by atoms with Gasteiger partial charge in [-0.25, -0.2) is 8.42 Å². The molecule has 2 saturated heterocycles. The summed E-state index contributed by atoms with van der Waals surface area (Å²) in [5.74, 6) is -0.607. The highest BCUT2D eigenvalue weighted by Crippen LogP contribution is 2.33. The molecule has 0 aromatic heterocycles. The van der Waals surface area contributed by atoms with E-state index >= 15 is 0 Å². The van der Waals surface area contributed by atoms with E-state index in [1.54, 1.807) is 30.3 Å². The summed E-state index contributed by atoms with van der Waals surface area (Å²) >= 11 is 0. The Balaban J connectivity index is 1.76. The van der Waals surface area contributed by atoms with Crippen LogP contribution in [0.1, 0.15) is 13.8 Å². The predicted octanol–water partition coefficient (Wildman–Crippen LogP) is 0.952. The first-order valence-corrected chi connectivity index (χ1v) is 8.39. The quantitative estimate of drug-likeness (QED) is 0.900. The van der Waals surface area contributed by atoms with Gasteiger partial charge in [0.15, 0.2) is 15.6 Å². The van der Waals surface area contributed by atoms with Crippen LogP contribution in [0, 0.1) is 0 Å². The van der Waals surface area contributed by atoms with Crippen molar-refractivity contribution in [1.82, 2.24) is 5.32 Å². The largest absolute Gasteiger partial charge is 0.343 e. The van der Waals surface area contributed by atoms with Gasteiger partial charge in [0.05, 0.1) is 16.7 Å². The van der Waals surface area contributed by atoms with E-state index in [-0.39, 0.29) is 24.0 Å². The second kappa shape index (κ2) is 4.80. The van der Waals surface area contributed by atoms with Crippen LogP contribution in [-0.2, 0) is 19.3 Å². The van der Waals surface area contributed by atoms with E-state index in [9.17, 15) is 8.42 Å². The summed E-state index contributed by atoms with van der Waals surface area (Å²) in [6, 6.07) is 8.29. The first-order valence-electron chi connectivity index (χ1n) is 6.74. The molecule has 1 aromatic carbocycles. The smallest absolute Gasteiger partial charge is 0.180 e. The molecular weight excluding hydrogens is 278 g/mol. The van der Waals surface area contributed by atoms with E-state index < -0.39 is 15.6 Å². The van der Waals surface area contributed by atoms with Crippen molar-refractivity contribution in [2.24, 2.45) is 0 Å². The Hall–Kier alpha value is -0.950. The minimum Gasteiger partial charge on any atom is -0.343 e. The molecule has 0 aliphatic carbocycles. The molecule has 0 radical (unpaired) electrons. The van der Waals surface area contributed by atoms with E-state index in [1.165, 1.54) is 0 Å². The zero-order valence-corrected chi connectivity index (χ0v) is 12.4. The Morgan fingerprint density at radius 1 is 1.25 bits per heavy atom. The summed E-state index contributed by atoms with van der Waals surface area (Å²) in [7, 11) is -3.32. The van der Waals surface area contributed by atoms with Crippen LogP contribution in [0.25, 0.3) is 0 Å². The second-order valence-electron chi connectivity index (χ2n) is 5.75. The minimum atomic E-state index is -3.32. The number of hydrogen-bond acceptors (Lipinski definition) is 5. The maximum atomic E-state index is 12.4. The third kappa shape index (κ3) is 2.61. The van der Waals surface area contributed by atoms with Crippen molar-refractivity contribution >= 4 is 9.84 Å². The summed E-state index contributed by atoms with van der Waals surface area (Å²) in [5.41, 5.74) is 0. The molecule has 5 nitrogen and oxygen atoms in total. The van der Waals surface area contributed by atoms with Crippen molar-refractivity contribution in [3.63, 3.8) is 0 Å². The molecule has 1 N–H and O–H groups in total. The first-order chi connectivity index (χ1) is 9.37. The maximum absolute atomic E-state index is 12.4. The molecular formula is C14H19NO4S. The zero-order valence-electron chi connectivity index (χ0n) is 11.6. The van der Waals surface area contributed by atoms with E-state index in [1.807, 2.05) is 13.8 Å². The lowest BCUT2D eigenvalue weighted by molar-refractivity contribution is -0.152. The number of fused-ring (bicyclic) bond motifs is 1. The summed E-state index contributed by atoms with van der Waals surface area (Å²) in [5, 5.41) is 3.19. The van der Waals surface area contributed by atoms with Gasteiger partial charge in [-0.2, -0.15) is 0 Å². The topological polar surface area (TPSA) is 64.6 Å². The van der Waals surface area contributed by atoms with Gasteiger partial charge < -0.3 is 14.8 Å². The zero-order chi connectivity index (χ0) is 14.4. The Bertz CT molecular complexity index is 584. The fourth-order valence-corrected chi connectivity index (χ4v) is 4.40. The number of nitrogens with one attached hydrogen (secondary N) is 1. The van der Waals surface area contributed by atoms with Gasteiger partial charge in [0, 0.05) is 6.54 Å². The minimum absolute atomic E-state index is 0.0254. The third-order valence-electron chi connectivity index (χ3n) is 3.70.